The maximum atomic E-state index is 12.6. The van der Waals surface area contributed by atoms with Gasteiger partial charge < -0.3 is 16.0 Å². The van der Waals surface area contributed by atoms with Crippen LogP contribution >= 0.6 is 0 Å². The van der Waals surface area contributed by atoms with Crippen molar-refractivity contribution in [2.45, 2.75) is 19.9 Å². The standard InChI is InChI=1S/C21H21N7O/c1-13(2)22-19-11-10-17(24-21(29)14-6-4-3-5-7-14)20(25-19)23-15-8-9-16-18(12-15)27-28-26-16/h3-13H,1-2H3,(H,24,29)(H2,22,23,25)(H,26,27,28). The van der Waals surface area contributed by atoms with Gasteiger partial charge in [-0.1, -0.05) is 18.2 Å². The summed E-state index contributed by atoms with van der Waals surface area (Å²) in [5, 5.41) is 20.3. The first-order valence-electron chi connectivity index (χ1n) is 9.30. The zero-order valence-electron chi connectivity index (χ0n) is 16.1. The number of aromatic amines is 1. The third-order valence-corrected chi connectivity index (χ3v) is 4.20. The number of nitrogens with one attached hydrogen (secondary N) is 4. The lowest BCUT2D eigenvalue weighted by atomic mass is 10.2. The average Bonchev–Trinajstić information content (AvgIpc) is 3.18. The Labute approximate surface area is 167 Å². The molecule has 0 saturated carbocycles. The molecule has 4 rings (SSSR count). The first-order valence-corrected chi connectivity index (χ1v) is 9.30. The molecule has 29 heavy (non-hydrogen) atoms. The molecule has 8 heteroatoms. The fourth-order valence-corrected chi connectivity index (χ4v) is 2.87. The van der Waals surface area contributed by atoms with E-state index in [0.29, 0.717) is 22.9 Å². The highest BCUT2D eigenvalue weighted by Crippen LogP contribution is 2.27. The van der Waals surface area contributed by atoms with Crippen LogP contribution in [0.2, 0.25) is 0 Å². The Kier molecular flexibility index (Phi) is 5.07. The zero-order valence-corrected chi connectivity index (χ0v) is 16.1. The molecular weight excluding hydrogens is 366 g/mol. The van der Waals surface area contributed by atoms with Gasteiger partial charge in [0.05, 0.1) is 5.69 Å². The minimum absolute atomic E-state index is 0.202. The number of rotatable bonds is 6. The Hall–Kier alpha value is -3.94. The van der Waals surface area contributed by atoms with E-state index in [9.17, 15) is 4.79 Å². The number of hydrogen-bond acceptors (Lipinski definition) is 6. The highest BCUT2D eigenvalue weighted by molar-refractivity contribution is 6.05. The number of benzene rings is 2. The van der Waals surface area contributed by atoms with Crippen molar-refractivity contribution in [2.24, 2.45) is 0 Å². The van der Waals surface area contributed by atoms with Gasteiger partial charge in [0.1, 0.15) is 16.9 Å². The van der Waals surface area contributed by atoms with Gasteiger partial charge in [0, 0.05) is 17.3 Å². The molecule has 0 aliphatic carbocycles. The number of anilines is 4. The van der Waals surface area contributed by atoms with Crippen molar-refractivity contribution in [1.82, 2.24) is 20.4 Å². The van der Waals surface area contributed by atoms with E-state index in [0.717, 1.165) is 16.7 Å². The molecule has 1 amide bonds. The van der Waals surface area contributed by atoms with Gasteiger partial charge in [-0.3, -0.25) is 4.79 Å². The summed E-state index contributed by atoms with van der Waals surface area (Å²) in [6.45, 7) is 4.08. The van der Waals surface area contributed by atoms with Crippen molar-refractivity contribution in [2.75, 3.05) is 16.0 Å². The Morgan fingerprint density at radius 2 is 1.76 bits per heavy atom. The van der Waals surface area contributed by atoms with Crippen molar-refractivity contribution in [1.29, 1.82) is 0 Å². The van der Waals surface area contributed by atoms with Crippen LogP contribution in [0.1, 0.15) is 24.2 Å². The van der Waals surface area contributed by atoms with Crippen LogP contribution in [0.25, 0.3) is 11.0 Å². The predicted octanol–water partition coefficient (Wildman–Crippen LogP) is 4.17. The smallest absolute Gasteiger partial charge is 0.255 e. The third-order valence-electron chi connectivity index (χ3n) is 4.20. The predicted molar refractivity (Wildman–Crippen MR) is 115 cm³/mol. The minimum atomic E-state index is -0.202. The van der Waals surface area contributed by atoms with Crippen molar-refractivity contribution in [3.05, 3.63) is 66.2 Å². The maximum absolute atomic E-state index is 12.6. The van der Waals surface area contributed by atoms with Crippen LogP contribution in [-0.4, -0.2) is 32.3 Å². The zero-order chi connectivity index (χ0) is 20.2. The van der Waals surface area contributed by atoms with Crippen molar-refractivity contribution in [3.8, 4) is 0 Å². The van der Waals surface area contributed by atoms with Crippen LogP contribution in [0.3, 0.4) is 0 Å². The van der Waals surface area contributed by atoms with Gasteiger partial charge >= 0.3 is 0 Å². The molecule has 0 atom stereocenters. The first kappa shape index (κ1) is 18.4. The van der Waals surface area contributed by atoms with Crippen LogP contribution in [0, 0.1) is 0 Å². The maximum Gasteiger partial charge on any atom is 0.255 e. The van der Waals surface area contributed by atoms with E-state index >= 15 is 0 Å². The third kappa shape index (κ3) is 4.32. The van der Waals surface area contributed by atoms with Crippen LogP contribution in [0.5, 0.6) is 0 Å². The number of aromatic nitrogens is 4. The van der Waals surface area contributed by atoms with E-state index in [2.05, 4.69) is 36.3 Å². The quantitative estimate of drug-likeness (QED) is 0.395. The Morgan fingerprint density at radius 1 is 0.966 bits per heavy atom. The van der Waals surface area contributed by atoms with Crippen molar-refractivity contribution >= 4 is 40.0 Å². The van der Waals surface area contributed by atoms with E-state index in [1.165, 1.54) is 0 Å². The summed E-state index contributed by atoms with van der Waals surface area (Å²) in [5.41, 5.74) is 3.45. The van der Waals surface area contributed by atoms with Crippen LogP contribution in [-0.2, 0) is 0 Å². The van der Waals surface area contributed by atoms with Gasteiger partial charge in [-0.2, -0.15) is 15.4 Å². The van der Waals surface area contributed by atoms with E-state index in [1.54, 1.807) is 12.1 Å². The van der Waals surface area contributed by atoms with E-state index < -0.39 is 0 Å². The van der Waals surface area contributed by atoms with Gasteiger partial charge in [0.25, 0.3) is 5.91 Å². The Bertz CT molecular complexity index is 1140. The number of pyridine rings is 1. The number of hydrogen-bond donors (Lipinski definition) is 4. The molecule has 2 aromatic heterocycles. The van der Waals surface area contributed by atoms with Gasteiger partial charge in [-0.05, 0) is 56.3 Å². The lowest BCUT2D eigenvalue weighted by Crippen LogP contribution is -2.15. The average molecular weight is 387 g/mol. The Morgan fingerprint density at radius 3 is 2.55 bits per heavy atom. The van der Waals surface area contributed by atoms with E-state index in [-0.39, 0.29) is 11.9 Å². The second kappa shape index (κ2) is 7.97. The van der Waals surface area contributed by atoms with Crippen LogP contribution in [0.4, 0.5) is 23.0 Å². The largest absolute Gasteiger partial charge is 0.368 e. The summed E-state index contributed by atoms with van der Waals surface area (Å²) in [6, 6.07) is 18.6. The van der Waals surface area contributed by atoms with E-state index in [1.807, 2.05) is 62.4 Å². The lowest BCUT2D eigenvalue weighted by Gasteiger charge is -2.16. The van der Waals surface area contributed by atoms with Gasteiger partial charge in [-0.15, -0.1) is 0 Å². The second-order valence-corrected chi connectivity index (χ2v) is 6.86. The number of carbonyl (C=O) groups excluding carboxylic acids is 1. The molecule has 2 heterocycles. The first-order chi connectivity index (χ1) is 14.1. The summed E-state index contributed by atoms with van der Waals surface area (Å²) < 4.78 is 0. The number of amides is 1. The number of nitrogens with zero attached hydrogens (tertiary/aromatic N) is 3. The molecule has 4 aromatic rings. The summed E-state index contributed by atoms with van der Waals surface area (Å²) in [5.74, 6) is 1.04. The fraction of sp³-hybridized carbons (Fsp3) is 0.143. The summed E-state index contributed by atoms with van der Waals surface area (Å²) in [7, 11) is 0. The normalized spacial score (nSPS) is 10.9. The number of carbonyl (C=O) groups is 1. The van der Waals surface area contributed by atoms with E-state index in [4.69, 9.17) is 0 Å². The Balaban J connectivity index is 1.65. The molecule has 0 aliphatic heterocycles. The molecule has 4 N–H and O–H groups in total. The number of fused-ring (bicyclic) bond motifs is 1. The summed E-state index contributed by atoms with van der Waals surface area (Å²) in [6.07, 6.45) is 0. The topological polar surface area (TPSA) is 108 Å². The van der Waals surface area contributed by atoms with Gasteiger partial charge in [0.2, 0.25) is 0 Å². The van der Waals surface area contributed by atoms with Crippen LogP contribution in [0.15, 0.2) is 60.7 Å². The SMILES string of the molecule is CC(C)Nc1ccc(NC(=O)c2ccccc2)c(Nc2ccc3n[nH]nc3c2)n1. The molecule has 8 nitrogen and oxygen atoms in total. The van der Waals surface area contributed by atoms with Crippen molar-refractivity contribution in [3.63, 3.8) is 0 Å². The summed E-state index contributed by atoms with van der Waals surface area (Å²) >= 11 is 0. The summed E-state index contributed by atoms with van der Waals surface area (Å²) in [4.78, 5) is 17.3. The molecule has 0 fully saturated rings. The molecule has 0 bridgehead atoms. The van der Waals surface area contributed by atoms with Crippen LogP contribution < -0.4 is 16.0 Å². The molecule has 0 radical (unpaired) electrons. The molecule has 0 unspecified atom stereocenters. The highest BCUT2D eigenvalue weighted by Gasteiger charge is 2.12. The molecule has 0 aliphatic rings. The van der Waals surface area contributed by atoms with Gasteiger partial charge in [-0.25, -0.2) is 4.98 Å². The highest BCUT2D eigenvalue weighted by atomic mass is 16.1. The molecule has 146 valence electrons. The van der Waals surface area contributed by atoms with Crippen molar-refractivity contribution < 1.29 is 4.79 Å². The number of H-pyrrole nitrogens is 1. The molecule has 0 saturated heterocycles. The molecule has 0 spiro atoms. The lowest BCUT2D eigenvalue weighted by molar-refractivity contribution is 0.102. The fourth-order valence-electron chi connectivity index (χ4n) is 2.87. The molecule has 2 aromatic carbocycles. The monoisotopic (exact) mass is 387 g/mol. The second-order valence-electron chi connectivity index (χ2n) is 6.86. The molecular formula is C21H21N7O. The minimum Gasteiger partial charge on any atom is -0.368 e. The van der Waals surface area contributed by atoms with Gasteiger partial charge in [0.15, 0.2) is 5.82 Å².